The van der Waals surface area contributed by atoms with E-state index in [1.165, 1.54) is 18.5 Å². The van der Waals surface area contributed by atoms with Gasteiger partial charge in [0.25, 0.3) is 5.69 Å². The van der Waals surface area contributed by atoms with Crippen LogP contribution in [-0.4, -0.2) is 60.6 Å². The molecule has 1 amide bonds. The summed E-state index contributed by atoms with van der Waals surface area (Å²) in [4.78, 5) is 30.3. The summed E-state index contributed by atoms with van der Waals surface area (Å²) in [6, 6.07) is 3.78. The molecule has 13 nitrogen and oxygen atoms in total. The van der Waals surface area contributed by atoms with E-state index in [0.29, 0.717) is 16.6 Å². The highest BCUT2D eigenvalue weighted by atomic mass is 19.4. The number of nitrogens with two attached hydrogens (primary N) is 1. The fourth-order valence-electron chi connectivity index (χ4n) is 4.35. The largest absolute Gasteiger partial charge is 0.471 e. The highest BCUT2D eigenvalue weighted by Gasteiger charge is 2.38. The second-order valence-corrected chi connectivity index (χ2v) is 8.92. The summed E-state index contributed by atoms with van der Waals surface area (Å²) in [5.41, 5.74) is 6.89. The average molecular weight is 554 g/mol. The molecular weight excluding hydrogens is 529 g/mol. The molecule has 0 radical (unpaired) electrons. The quantitative estimate of drug-likeness (QED) is 0.225. The number of halogens is 3. The number of alkyl halides is 3. The predicted molar refractivity (Wildman–Crippen MR) is 128 cm³/mol. The molecule has 0 aliphatic carbocycles. The van der Waals surface area contributed by atoms with Crippen molar-refractivity contribution < 1.29 is 42.6 Å². The standard InChI is InChI=1S/C23H25F3N6O7/c1-11(14-3-2-12(4-15(14)32(36)37)6-28-22(35)23(24,25)26)38-9-13-7-31(18-5-16(34)17(8-33)39-18)21-19(13)20(27)29-10-30-21/h2-4,7,10-11,16-18,33-34H,5-6,8-9H2,1H3,(H,28,35)(H2,27,29,30)/t11-,16-,17-,18-/m1/s1. The van der Waals surface area contributed by atoms with Gasteiger partial charge in [-0.05, 0) is 18.6 Å². The molecule has 1 aliphatic rings. The molecule has 0 bridgehead atoms. The number of nitrogens with one attached hydrogen (secondary N) is 1. The number of amides is 1. The lowest BCUT2D eigenvalue weighted by atomic mass is 10.0. The van der Waals surface area contributed by atoms with E-state index >= 15 is 0 Å². The van der Waals surface area contributed by atoms with E-state index in [1.807, 2.05) is 0 Å². The van der Waals surface area contributed by atoms with Crippen LogP contribution in [0, 0.1) is 10.1 Å². The van der Waals surface area contributed by atoms with Gasteiger partial charge >= 0.3 is 12.1 Å². The molecular formula is C23H25F3N6O7. The lowest BCUT2D eigenvalue weighted by molar-refractivity contribution is -0.386. The number of nitrogen functional groups attached to an aromatic ring is 1. The third-order valence-corrected chi connectivity index (χ3v) is 6.34. The first kappa shape index (κ1) is 28.2. The van der Waals surface area contributed by atoms with Gasteiger partial charge in [-0.15, -0.1) is 0 Å². The first-order valence-electron chi connectivity index (χ1n) is 11.7. The Morgan fingerprint density at radius 1 is 1.41 bits per heavy atom. The normalized spacial score (nSPS) is 20.3. The Labute approximate surface area is 218 Å². The molecule has 39 heavy (non-hydrogen) atoms. The van der Waals surface area contributed by atoms with Crippen molar-refractivity contribution in [3.63, 3.8) is 0 Å². The highest BCUT2D eigenvalue weighted by molar-refractivity contribution is 5.89. The summed E-state index contributed by atoms with van der Waals surface area (Å²) in [6.07, 6.45) is -5.10. The van der Waals surface area contributed by atoms with Crippen LogP contribution < -0.4 is 11.1 Å². The van der Waals surface area contributed by atoms with Gasteiger partial charge in [-0.2, -0.15) is 13.2 Å². The van der Waals surface area contributed by atoms with Crippen LogP contribution in [0.5, 0.6) is 0 Å². The van der Waals surface area contributed by atoms with Gasteiger partial charge in [0.05, 0.1) is 41.3 Å². The molecule has 4 atom stereocenters. The van der Waals surface area contributed by atoms with Gasteiger partial charge in [0.2, 0.25) is 0 Å². The smallest absolute Gasteiger partial charge is 0.394 e. The molecule has 4 rings (SSSR count). The van der Waals surface area contributed by atoms with Crippen LogP contribution in [0.15, 0.2) is 30.7 Å². The van der Waals surface area contributed by atoms with Crippen molar-refractivity contribution in [1.82, 2.24) is 19.9 Å². The van der Waals surface area contributed by atoms with Gasteiger partial charge in [0, 0.05) is 30.8 Å². The molecule has 16 heteroatoms. The molecule has 0 unspecified atom stereocenters. The number of benzene rings is 1. The number of fused-ring (bicyclic) bond motifs is 1. The van der Waals surface area contributed by atoms with Gasteiger partial charge < -0.3 is 35.3 Å². The zero-order chi connectivity index (χ0) is 28.5. The Morgan fingerprint density at radius 3 is 2.79 bits per heavy atom. The van der Waals surface area contributed by atoms with Crippen LogP contribution in [0.3, 0.4) is 0 Å². The molecule has 2 aromatic heterocycles. The molecule has 1 fully saturated rings. The Kier molecular flexibility index (Phi) is 8.01. The maximum absolute atomic E-state index is 12.4. The second kappa shape index (κ2) is 11.1. The molecule has 0 saturated carbocycles. The number of aliphatic hydroxyl groups is 2. The highest BCUT2D eigenvalue weighted by Crippen LogP contribution is 2.35. The number of nitrogens with zero attached hydrogens (tertiary/aromatic N) is 4. The summed E-state index contributed by atoms with van der Waals surface area (Å²) in [7, 11) is 0. The maximum Gasteiger partial charge on any atom is 0.471 e. The first-order chi connectivity index (χ1) is 18.4. The summed E-state index contributed by atoms with van der Waals surface area (Å²) >= 11 is 0. The molecule has 0 spiro atoms. The number of nitro groups is 1. The van der Waals surface area contributed by atoms with E-state index in [2.05, 4.69) is 9.97 Å². The van der Waals surface area contributed by atoms with E-state index < -0.39 is 53.8 Å². The van der Waals surface area contributed by atoms with Crippen molar-refractivity contribution in [3.05, 3.63) is 57.5 Å². The Balaban J connectivity index is 1.54. The number of rotatable bonds is 9. The van der Waals surface area contributed by atoms with Crippen LogP contribution in [0.2, 0.25) is 0 Å². The number of aromatic nitrogens is 3. The lowest BCUT2D eigenvalue weighted by Gasteiger charge is -2.15. The monoisotopic (exact) mass is 554 g/mol. The maximum atomic E-state index is 12.4. The zero-order valence-electron chi connectivity index (χ0n) is 20.5. The SMILES string of the molecule is C[C@@H](OCc1cn([C@H]2C[C@@H](O)[C@@H](CO)O2)c2ncnc(N)c12)c1ccc(CNC(=O)C(F)(F)F)cc1[N+](=O)[O-]. The lowest BCUT2D eigenvalue weighted by Crippen LogP contribution is -2.36. The van der Waals surface area contributed by atoms with Gasteiger partial charge in [-0.25, -0.2) is 9.97 Å². The Bertz CT molecular complexity index is 1380. The van der Waals surface area contributed by atoms with Crippen molar-refractivity contribution in [2.75, 3.05) is 12.3 Å². The van der Waals surface area contributed by atoms with Crippen LogP contribution in [0.25, 0.3) is 11.0 Å². The molecule has 1 aliphatic heterocycles. The van der Waals surface area contributed by atoms with Crippen LogP contribution in [0.4, 0.5) is 24.7 Å². The topological polar surface area (TPSA) is 188 Å². The number of anilines is 1. The minimum absolute atomic E-state index is 0.0819. The molecule has 210 valence electrons. The molecule has 3 heterocycles. The number of aliphatic hydroxyl groups excluding tert-OH is 2. The minimum atomic E-state index is -5.07. The summed E-state index contributed by atoms with van der Waals surface area (Å²) in [5, 5.41) is 33.4. The van der Waals surface area contributed by atoms with Crippen LogP contribution in [0.1, 0.15) is 42.4 Å². The number of carbonyl (C=O) groups is 1. The van der Waals surface area contributed by atoms with Crippen LogP contribution >= 0.6 is 0 Å². The first-order valence-corrected chi connectivity index (χ1v) is 11.7. The summed E-state index contributed by atoms with van der Waals surface area (Å²) in [5.74, 6) is -2.00. The number of hydrogen-bond donors (Lipinski definition) is 4. The molecule has 1 saturated heterocycles. The predicted octanol–water partition coefficient (Wildman–Crippen LogP) is 2.02. The van der Waals surface area contributed by atoms with Gasteiger partial charge in [-0.3, -0.25) is 14.9 Å². The van der Waals surface area contributed by atoms with Crippen LogP contribution in [-0.2, 0) is 27.4 Å². The van der Waals surface area contributed by atoms with E-state index in [-0.39, 0.29) is 36.6 Å². The minimum Gasteiger partial charge on any atom is -0.394 e. The molecule has 1 aromatic carbocycles. The van der Waals surface area contributed by atoms with Crippen molar-refractivity contribution in [1.29, 1.82) is 0 Å². The number of carbonyl (C=O) groups excluding carboxylic acids is 1. The number of nitro benzene ring substituents is 1. The van der Waals surface area contributed by atoms with E-state index in [0.717, 1.165) is 6.07 Å². The Morgan fingerprint density at radius 2 is 2.15 bits per heavy atom. The second-order valence-electron chi connectivity index (χ2n) is 8.92. The summed E-state index contributed by atoms with van der Waals surface area (Å²) in [6.45, 7) is 0.562. The van der Waals surface area contributed by atoms with Gasteiger partial charge in [-0.1, -0.05) is 6.07 Å². The Hall–Kier alpha value is -3.86. The van der Waals surface area contributed by atoms with Crippen molar-refractivity contribution in [2.45, 2.75) is 57.2 Å². The summed E-state index contributed by atoms with van der Waals surface area (Å²) < 4.78 is 50.6. The molecule has 3 aromatic rings. The van der Waals surface area contributed by atoms with Crippen molar-refractivity contribution in [2.24, 2.45) is 0 Å². The third kappa shape index (κ3) is 5.93. The third-order valence-electron chi connectivity index (χ3n) is 6.34. The fourth-order valence-corrected chi connectivity index (χ4v) is 4.35. The van der Waals surface area contributed by atoms with Gasteiger partial charge in [0.15, 0.2) is 0 Å². The number of hydrogen-bond acceptors (Lipinski definition) is 10. The van der Waals surface area contributed by atoms with Gasteiger partial charge in [0.1, 0.15) is 30.1 Å². The van der Waals surface area contributed by atoms with E-state index in [4.69, 9.17) is 15.2 Å². The van der Waals surface area contributed by atoms with E-state index in [1.54, 1.807) is 23.0 Å². The molecule has 5 N–H and O–H groups in total. The average Bonchev–Trinajstić information content (AvgIpc) is 3.45. The number of ether oxygens (including phenoxy) is 2. The van der Waals surface area contributed by atoms with Crippen molar-refractivity contribution >= 4 is 28.4 Å². The van der Waals surface area contributed by atoms with Crippen molar-refractivity contribution in [3.8, 4) is 0 Å². The van der Waals surface area contributed by atoms with E-state index in [9.17, 15) is 38.3 Å². The fraction of sp³-hybridized carbons (Fsp3) is 0.435. The zero-order valence-corrected chi connectivity index (χ0v) is 20.5.